The van der Waals surface area contributed by atoms with Crippen LogP contribution in [0.3, 0.4) is 0 Å². The normalized spacial score (nSPS) is 15.1. The molecule has 2 N–H and O–H groups in total. The van der Waals surface area contributed by atoms with E-state index in [1.54, 1.807) is 18.2 Å². The minimum absolute atomic E-state index is 0.127. The fourth-order valence-corrected chi connectivity index (χ4v) is 2.76. The van der Waals surface area contributed by atoms with E-state index in [9.17, 15) is 9.90 Å². The Kier molecular flexibility index (Phi) is 4.88. The van der Waals surface area contributed by atoms with Gasteiger partial charge in [-0.25, -0.2) is 9.98 Å². The SMILES string of the molecule is CC(=O)NC1=NC(c2ccccc2)=N/C1=C\c1cc(Cl)c(O)c(Cl)c1. The lowest BCUT2D eigenvalue weighted by molar-refractivity contribution is -0.117. The van der Waals surface area contributed by atoms with Crippen LogP contribution < -0.4 is 5.32 Å². The fourth-order valence-electron chi connectivity index (χ4n) is 2.26. The Bertz CT molecular complexity index is 912. The van der Waals surface area contributed by atoms with Crippen molar-refractivity contribution >= 4 is 46.9 Å². The molecule has 2 aromatic carbocycles. The van der Waals surface area contributed by atoms with Crippen LogP contribution in [0.4, 0.5) is 0 Å². The van der Waals surface area contributed by atoms with Crippen molar-refractivity contribution in [2.45, 2.75) is 6.92 Å². The van der Waals surface area contributed by atoms with Crippen LogP contribution in [0, 0.1) is 0 Å². The Morgan fingerprint density at radius 1 is 1.12 bits per heavy atom. The molecule has 126 valence electrons. The summed E-state index contributed by atoms with van der Waals surface area (Å²) in [5.74, 6) is 0.398. The smallest absolute Gasteiger partial charge is 0.222 e. The molecule has 1 heterocycles. The zero-order valence-corrected chi connectivity index (χ0v) is 14.6. The van der Waals surface area contributed by atoms with Gasteiger partial charge in [0, 0.05) is 12.5 Å². The van der Waals surface area contributed by atoms with Gasteiger partial charge in [0.1, 0.15) is 5.70 Å². The van der Waals surface area contributed by atoms with Crippen LogP contribution in [-0.4, -0.2) is 22.7 Å². The van der Waals surface area contributed by atoms with E-state index in [-0.39, 0.29) is 21.7 Å². The van der Waals surface area contributed by atoms with Crippen molar-refractivity contribution in [2.75, 3.05) is 0 Å². The number of nitrogens with one attached hydrogen (secondary N) is 1. The molecule has 0 aromatic heterocycles. The van der Waals surface area contributed by atoms with Crippen LogP contribution in [0.15, 0.2) is 58.1 Å². The molecule has 0 fully saturated rings. The fraction of sp³-hybridized carbons (Fsp3) is 0.0556. The number of benzene rings is 2. The Balaban J connectivity index is 2.04. The lowest BCUT2D eigenvalue weighted by Gasteiger charge is -2.04. The van der Waals surface area contributed by atoms with Crippen LogP contribution in [0.2, 0.25) is 10.0 Å². The average Bonchev–Trinajstić information content (AvgIpc) is 2.95. The molecule has 7 heteroatoms. The van der Waals surface area contributed by atoms with Crippen LogP contribution in [-0.2, 0) is 4.79 Å². The molecule has 1 aliphatic rings. The van der Waals surface area contributed by atoms with Gasteiger partial charge in [-0.3, -0.25) is 4.79 Å². The van der Waals surface area contributed by atoms with Gasteiger partial charge in [-0.1, -0.05) is 53.5 Å². The molecule has 0 saturated carbocycles. The number of amides is 1. The maximum Gasteiger partial charge on any atom is 0.222 e. The van der Waals surface area contributed by atoms with E-state index in [4.69, 9.17) is 23.2 Å². The summed E-state index contributed by atoms with van der Waals surface area (Å²) in [6.45, 7) is 1.40. The van der Waals surface area contributed by atoms with E-state index in [1.807, 2.05) is 30.3 Å². The largest absolute Gasteiger partial charge is 0.505 e. The highest BCUT2D eigenvalue weighted by atomic mass is 35.5. The number of aliphatic imine (C=N–C) groups is 2. The molecule has 1 amide bonds. The molecule has 2 aromatic rings. The third kappa shape index (κ3) is 3.90. The Morgan fingerprint density at radius 3 is 2.36 bits per heavy atom. The third-order valence-electron chi connectivity index (χ3n) is 3.36. The molecule has 1 aliphatic heterocycles. The highest BCUT2D eigenvalue weighted by Gasteiger charge is 2.19. The van der Waals surface area contributed by atoms with Crippen molar-refractivity contribution in [1.29, 1.82) is 0 Å². The number of aromatic hydroxyl groups is 1. The summed E-state index contributed by atoms with van der Waals surface area (Å²) < 4.78 is 0. The van der Waals surface area contributed by atoms with Gasteiger partial charge in [0.15, 0.2) is 17.4 Å². The third-order valence-corrected chi connectivity index (χ3v) is 3.93. The first kappa shape index (κ1) is 17.2. The first-order valence-corrected chi connectivity index (χ1v) is 8.10. The number of halogens is 2. The molecule has 5 nitrogen and oxygen atoms in total. The maximum absolute atomic E-state index is 11.4. The number of amidine groups is 2. The number of carbonyl (C=O) groups excluding carboxylic acids is 1. The van der Waals surface area contributed by atoms with E-state index in [2.05, 4.69) is 15.3 Å². The second-order valence-electron chi connectivity index (χ2n) is 5.31. The highest BCUT2D eigenvalue weighted by Crippen LogP contribution is 2.33. The van der Waals surface area contributed by atoms with E-state index in [0.29, 0.717) is 22.9 Å². The number of rotatable bonds is 2. The van der Waals surface area contributed by atoms with Crippen molar-refractivity contribution < 1.29 is 9.90 Å². The van der Waals surface area contributed by atoms with Gasteiger partial charge in [0.2, 0.25) is 5.91 Å². The molecular weight excluding hydrogens is 361 g/mol. The zero-order chi connectivity index (χ0) is 18.0. The van der Waals surface area contributed by atoms with Crippen molar-refractivity contribution in [3.05, 3.63) is 69.3 Å². The predicted octanol–water partition coefficient (Wildman–Crippen LogP) is 4.03. The van der Waals surface area contributed by atoms with E-state index < -0.39 is 0 Å². The predicted molar refractivity (Wildman–Crippen MR) is 100 cm³/mol. The number of phenolic OH excluding ortho intramolecular Hbond substituents is 1. The van der Waals surface area contributed by atoms with Gasteiger partial charge in [-0.2, -0.15) is 0 Å². The summed E-state index contributed by atoms with van der Waals surface area (Å²) in [6, 6.07) is 12.5. The minimum atomic E-state index is -0.254. The molecule has 0 atom stereocenters. The van der Waals surface area contributed by atoms with E-state index in [0.717, 1.165) is 5.56 Å². The second kappa shape index (κ2) is 7.09. The molecule has 3 rings (SSSR count). The lowest BCUT2D eigenvalue weighted by atomic mass is 10.1. The minimum Gasteiger partial charge on any atom is -0.505 e. The van der Waals surface area contributed by atoms with Crippen LogP contribution in [0.5, 0.6) is 5.75 Å². The molecule has 0 spiro atoms. The number of hydrogen-bond donors (Lipinski definition) is 2. The summed E-state index contributed by atoms with van der Waals surface area (Å²) in [5.41, 5.74) is 1.92. The molecule has 0 saturated heterocycles. The molecule has 0 aliphatic carbocycles. The van der Waals surface area contributed by atoms with Gasteiger partial charge in [0.05, 0.1) is 10.0 Å². The number of carbonyl (C=O) groups is 1. The first-order chi connectivity index (χ1) is 11.9. The van der Waals surface area contributed by atoms with Crippen LogP contribution >= 0.6 is 23.2 Å². The molecule has 0 radical (unpaired) electrons. The Hall–Kier alpha value is -2.63. The van der Waals surface area contributed by atoms with Crippen molar-refractivity contribution in [1.82, 2.24) is 5.32 Å². The van der Waals surface area contributed by atoms with Gasteiger partial charge in [-0.05, 0) is 23.8 Å². The van der Waals surface area contributed by atoms with Gasteiger partial charge >= 0.3 is 0 Å². The average molecular weight is 374 g/mol. The van der Waals surface area contributed by atoms with Crippen molar-refractivity contribution in [3.8, 4) is 5.75 Å². The molecule has 0 bridgehead atoms. The summed E-state index contributed by atoms with van der Waals surface area (Å²) >= 11 is 11.9. The summed E-state index contributed by atoms with van der Waals surface area (Å²) in [6.07, 6.45) is 1.68. The first-order valence-electron chi connectivity index (χ1n) is 7.34. The van der Waals surface area contributed by atoms with E-state index in [1.165, 1.54) is 6.92 Å². The highest BCUT2D eigenvalue weighted by molar-refractivity contribution is 6.37. The van der Waals surface area contributed by atoms with Gasteiger partial charge < -0.3 is 10.4 Å². The molecular formula is C18H13Cl2N3O2. The number of phenols is 1. The number of hydrogen-bond acceptors (Lipinski definition) is 4. The molecule has 0 unspecified atom stereocenters. The van der Waals surface area contributed by atoms with Crippen molar-refractivity contribution in [2.24, 2.45) is 9.98 Å². The zero-order valence-electron chi connectivity index (χ0n) is 13.1. The van der Waals surface area contributed by atoms with Gasteiger partial charge in [0.25, 0.3) is 0 Å². The van der Waals surface area contributed by atoms with Gasteiger partial charge in [-0.15, -0.1) is 0 Å². The maximum atomic E-state index is 11.4. The Labute approximate surface area is 154 Å². The molecule has 25 heavy (non-hydrogen) atoms. The van der Waals surface area contributed by atoms with Crippen LogP contribution in [0.1, 0.15) is 18.1 Å². The van der Waals surface area contributed by atoms with Crippen molar-refractivity contribution in [3.63, 3.8) is 0 Å². The van der Waals surface area contributed by atoms with Crippen LogP contribution in [0.25, 0.3) is 6.08 Å². The monoisotopic (exact) mass is 373 g/mol. The summed E-state index contributed by atoms with van der Waals surface area (Å²) in [5, 5.41) is 12.6. The topological polar surface area (TPSA) is 74.0 Å². The summed E-state index contributed by atoms with van der Waals surface area (Å²) in [7, 11) is 0. The number of nitrogens with zero attached hydrogens (tertiary/aromatic N) is 2. The Morgan fingerprint density at radius 2 is 1.76 bits per heavy atom. The lowest BCUT2D eigenvalue weighted by Crippen LogP contribution is -2.28. The second-order valence-corrected chi connectivity index (χ2v) is 6.12. The summed E-state index contributed by atoms with van der Waals surface area (Å²) in [4.78, 5) is 20.3. The standard InChI is InChI=1S/C18H13Cl2N3O2/c1-10(24)21-18-15(9-11-7-13(19)16(25)14(20)8-11)22-17(23-18)12-5-3-2-4-6-12/h2-9,25H,1H3,(H,21,22,23,24)/b15-9-. The quantitative estimate of drug-likeness (QED) is 0.833. The van der Waals surface area contributed by atoms with E-state index >= 15 is 0 Å².